The zero-order valence-corrected chi connectivity index (χ0v) is 15.6. The molecule has 0 fully saturated rings. The van der Waals surface area contributed by atoms with Gasteiger partial charge in [-0.3, -0.25) is 0 Å². The van der Waals surface area contributed by atoms with Crippen molar-refractivity contribution in [3.05, 3.63) is 29.8 Å². The lowest BCUT2D eigenvalue weighted by molar-refractivity contribution is -0.0343. The maximum absolute atomic E-state index is 9.39. The van der Waals surface area contributed by atoms with E-state index in [9.17, 15) is 5.11 Å². The molecule has 1 aromatic rings. The van der Waals surface area contributed by atoms with Crippen LogP contribution in [0.2, 0.25) is 0 Å². The SMILES string of the molecule is CCCCCCCCC(CCc1ccc(O)cc1)C(C)(C)OC. The standard InChI is InChI=1S/C21H36O2/c1-5-6-7-8-9-10-11-19(21(2,3)23-4)15-12-18-13-16-20(22)17-14-18/h13-14,16-17,19,22H,5-12,15H2,1-4H3. The summed E-state index contributed by atoms with van der Waals surface area (Å²) in [5, 5.41) is 9.39. The van der Waals surface area contributed by atoms with Gasteiger partial charge in [-0.15, -0.1) is 0 Å². The zero-order valence-electron chi connectivity index (χ0n) is 15.6. The van der Waals surface area contributed by atoms with Gasteiger partial charge in [0.15, 0.2) is 0 Å². The van der Waals surface area contributed by atoms with E-state index in [1.54, 1.807) is 12.1 Å². The van der Waals surface area contributed by atoms with E-state index in [0.29, 0.717) is 11.7 Å². The zero-order chi connectivity index (χ0) is 17.1. The molecule has 0 radical (unpaired) electrons. The molecule has 0 bridgehead atoms. The molecule has 0 spiro atoms. The van der Waals surface area contributed by atoms with Gasteiger partial charge >= 0.3 is 0 Å². The Morgan fingerprint density at radius 3 is 2.17 bits per heavy atom. The van der Waals surface area contributed by atoms with E-state index in [2.05, 4.69) is 20.8 Å². The largest absolute Gasteiger partial charge is 0.508 e. The number of ether oxygens (including phenoxy) is 1. The number of hydrogen-bond donors (Lipinski definition) is 1. The third kappa shape index (κ3) is 7.87. The normalized spacial score (nSPS) is 13.2. The highest BCUT2D eigenvalue weighted by Gasteiger charge is 2.28. The van der Waals surface area contributed by atoms with Crippen molar-refractivity contribution in [3.63, 3.8) is 0 Å². The van der Waals surface area contributed by atoms with Crippen molar-refractivity contribution < 1.29 is 9.84 Å². The maximum Gasteiger partial charge on any atom is 0.115 e. The summed E-state index contributed by atoms with van der Waals surface area (Å²) in [6, 6.07) is 7.60. The highest BCUT2D eigenvalue weighted by molar-refractivity contribution is 5.25. The van der Waals surface area contributed by atoms with E-state index in [-0.39, 0.29) is 5.60 Å². The molecule has 0 amide bonds. The van der Waals surface area contributed by atoms with Crippen molar-refractivity contribution in [3.8, 4) is 5.75 Å². The number of aromatic hydroxyl groups is 1. The van der Waals surface area contributed by atoms with Crippen molar-refractivity contribution in [1.82, 2.24) is 0 Å². The molecular formula is C21H36O2. The van der Waals surface area contributed by atoms with Crippen LogP contribution in [0.25, 0.3) is 0 Å². The lowest BCUT2D eigenvalue weighted by Gasteiger charge is -2.33. The molecule has 2 heteroatoms. The summed E-state index contributed by atoms with van der Waals surface area (Å²) < 4.78 is 5.76. The van der Waals surface area contributed by atoms with E-state index in [1.165, 1.54) is 50.5 Å². The van der Waals surface area contributed by atoms with Crippen LogP contribution < -0.4 is 0 Å². The minimum Gasteiger partial charge on any atom is -0.508 e. The average Bonchev–Trinajstić information content (AvgIpc) is 2.54. The number of phenolic OH excluding ortho intramolecular Hbond substituents is 1. The fraction of sp³-hybridized carbons (Fsp3) is 0.714. The number of rotatable bonds is 12. The van der Waals surface area contributed by atoms with Gasteiger partial charge in [-0.05, 0) is 56.7 Å². The highest BCUT2D eigenvalue weighted by atomic mass is 16.5. The predicted octanol–water partition coefficient (Wildman–Crippen LogP) is 6.12. The first kappa shape index (κ1) is 20.0. The van der Waals surface area contributed by atoms with Crippen LogP contribution in [0.5, 0.6) is 5.75 Å². The van der Waals surface area contributed by atoms with Crippen LogP contribution in [-0.4, -0.2) is 17.8 Å². The molecule has 1 atom stereocenters. The molecule has 2 nitrogen and oxygen atoms in total. The predicted molar refractivity (Wildman–Crippen MR) is 99.0 cm³/mol. The smallest absolute Gasteiger partial charge is 0.115 e. The number of unbranched alkanes of at least 4 members (excludes halogenated alkanes) is 5. The summed E-state index contributed by atoms with van der Waals surface area (Å²) in [4.78, 5) is 0. The third-order valence-corrected chi connectivity index (χ3v) is 5.13. The molecule has 0 aliphatic heterocycles. The number of aryl methyl sites for hydroxylation is 1. The van der Waals surface area contributed by atoms with E-state index in [0.717, 1.165) is 12.8 Å². The average molecular weight is 321 g/mol. The van der Waals surface area contributed by atoms with Crippen LogP contribution >= 0.6 is 0 Å². The first-order chi connectivity index (χ1) is 11.0. The monoisotopic (exact) mass is 320 g/mol. The molecule has 0 aromatic heterocycles. The van der Waals surface area contributed by atoms with Crippen LogP contribution in [0.3, 0.4) is 0 Å². The molecule has 132 valence electrons. The van der Waals surface area contributed by atoms with Crippen molar-refractivity contribution in [2.24, 2.45) is 5.92 Å². The molecular weight excluding hydrogens is 284 g/mol. The van der Waals surface area contributed by atoms with E-state index in [4.69, 9.17) is 4.74 Å². The molecule has 1 unspecified atom stereocenters. The quantitative estimate of drug-likeness (QED) is 0.470. The molecule has 23 heavy (non-hydrogen) atoms. The van der Waals surface area contributed by atoms with Crippen molar-refractivity contribution in [1.29, 1.82) is 0 Å². The van der Waals surface area contributed by atoms with E-state index >= 15 is 0 Å². The Morgan fingerprint density at radius 1 is 0.957 bits per heavy atom. The van der Waals surface area contributed by atoms with Crippen LogP contribution in [0.4, 0.5) is 0 Å². The van der Waals surface area contributed by atoms with Gasteiger partial charge in [0.05, 0.1) is 5.60 Å². The van der Waals surface area contributed by atoms with Gasteiger partial charge in [0.2, 0.25) is 0 Å². The van der Waals surface area contributed by atoms with Gasteiger partial charge in [-0.1, -0.05) is 57.6 Å². The Labute approximate surface area is 143 Å². The summed E-state index contributed by atoms with van der Waals surface area (Å²) in [7, 11) is 1.83. The summed E-state index contributed by atoms with van der Waals surface area (Å²) in [6.07, 6.45) is 11.5. The molecule has 0 saturated heterocycles. The lowest BCUT2D eigenvalue weighted by atomic mass is 9.82. The summed E-state index contributed by atoms with van der Waals surface area (Å²) in [6.45, 7) is 6.69. The van der Waals surface area contributed by atoms with E-state index in [1.807, 2.05) is 19.2 Å². The van der Waals surface area contributed by atoms with E-state index < -0.39 is 0 Å². The molecule has 0 heterocycles. The minimum absolute atomic E-state index is 0.0691. The van der Waals surface area contributed by atoms with Gasteiger partial charge < -0.3 is 9.84 Å². The second kappa shape index (κ2) is 10.7. The van der Waals surface area contributed by atoms with Gasteiger partial charge in [-0.2, -0.15) is 0 Å². The van der Waals surface area contributed by atoms with Gasteiger partial charge in [0.1, 0.15) is 5.75 Å². The summed E-state index contributed by atoms with van der Waals surface area (Å²) >= 11 is 0. The topological polar surface area (TPSA) is 29.5 Å². The third-order valence-electron chi connectivity index (χ3n) is 5.13. The Morgan fingerprint density at radius 2 is 1.57 bits per heavy atom. The fourth-order valence-corrected chi connectivity index (χ4v) is 3.18. The summed E-state index contributed by atoms with van der Waals surface area (Å²) in [5.74, 6) is 0.919. The fourth-order valence-electron chi connectivity index (χ4n) is 3.18. The first-order valence-electron chi connectivity index (χ1n) is 9.32. The Bertz CT molecular complexity index is 408. The minimum atomic E-state index is -0.0691. The van der Waals surface area contributed by atoms with Crippen molar-refractivity contribution >= 4 is 0 Å². The first-order valence-corrected chi connectivity index (χ1v) is 9.32. The molecule has 0 saturated carbocycles. The van der Waals surface area contributed by atoms with Gasteiger partial charge in [0, 0.05) is 7.11 Å². The summed E-state index contributed by atoms with van der Waals surface area (Å²) in [5.41, 5.74) is 1.23. The Balaban J connectivity index is 2.44. The van der Waals surface area contributed by atoms with Crippen LogP contribution in [0.15, 0.2) is 24.3 Å². The highest BCUT2D eigenvalue weighted by Crippen LogP contribution is 2.30. The van der Waals surface area contributed by atoms with Crippen LogP contribution in [0, 0.1) is 5.92 Å². The number of methoxy groups -OCH3 is 1. The Hall–Kier alpha value is -1.02. The second-order valence-corrected chi connectivity index (χ2v) is 7.27. The number of hydrogen-bond acceptors (Lipinski definition) is 2. The van der Waals surface area contributed by atoms with Crippen LogP contribution in [-0.2, 0) is 11.2 Å². The molecule has 1 rings (SSSR count). The maximum atomic E-state index is 9.39. The molecule has 0 aliphatic rings. The number of phenols is 1. The van der Waals surface area contributed by atoms with Crippen LogP contribution in [0.1, 0.15) is 77.7 Å². The van der Waals surface area contributed by atoms with Gasteiger partial charge in [0.25, 0.3) is 0 Å². The van der Waals surface area contributed by atoms with Crippen molar-refractivity contribution in [2.45, 2.75) is 84.2 Å². The molecule has 1 N–H and O–H groups in total. The van der Waals surface area contributed by atoms with Gasteiger partial charge in [-0.25, -0.2) is 0 Å². The van der Waals surface area contributed by atoms with Crippen molar-refractivity contribution in [2.75, 3.05) is 7.11 Å². The lowest BCUT2D eigenvalue weighted by Crippen LogP contribution is -2.33. The second-order valence-electron chi connectivity index (χ2n) is 7.27. The molecule has 1 aromatic carbocycles. The number of benzene rings is 1. The molecule has 0 aliphatic carbocycles. The Kier molecular flexibility index (Phi) is 9.31.